The van der Waals surface area contributed by atoms with Crippen LogP contribution in [0.3, 0.4) is 0 Å². The van der Waals surface area contributed by atoms with Crippen molar-refractivity contribution >= 4 is 10.0 Å². The van der Waals surface area contributed by atoms with Gasteiger partial charge in [0.15, 0.2) is 0 Å². The highest BCUT2D eigenvalue weighted by atomic mass is 32.2. The number of hydrogen-bond acceptors (Lipinski definition) is 4. The number of alkyl halides is 3. The molecule has 0 amide bonds. The lowest BCUT2D eigenvalue weighted by atomic mass is 9.86. The molecule has 2 aliphatic rings. The van der Waals surface area contributed by atoms with Gasteiger partial charge in [-0.05, 0) is 88.2 Å². The fourth-order valence-electron chi connectivity index (χ4n) is 4.68. The second-order valence-corrected chi connectivity index (χ2v) is 11.0. The van der Waals surface area contributed by atoms with Crippen molar-refractivity contribution in [1.82, 2.24) is 9.21 Å². The molecule has 5 nitrogen and oxygen atoms in total. The minimum absolute atomic E-state index is 0.104. The molecule has 1 saturated heterocycles. The summed E-state index contributed by atoms with van der Waals surface area (Å²) in [5.74, 6) is 0.434. The van der Waals surface area contributed by atoms with Crippen molar-refractivity contribution in [2.75, 3.05) is 39.9 Å². The van der Waals surface area contributed by atoms with Gasteiger partial charge in [0.05, 0.1) is 10.5 Å². The molecular formula is C23H35F3N2O3S. The Morgan fingerprint density at radius 3 is 2.25 bits per heavy atom. The Balaban J connectivity index is 1.40. The van der Waals surface area contributed by atoms with E-state index in [1.807, 2.05) is 0 Å². The van der Waals surface area contributed by atoms with E-state index < -0.39 is 21.8 Å². The van der Waals surface area contributed by atoms with Gasteiger partial charge in [-0.25, -0.2) is 8.42 Å². The van der Waals surface area contributed by atoms with Crippen LogP contribution < -0.4 is 0 Å². The summed E-state index contributed by atoms with van der Waals surface area (Å²) in [6, 6.07) is 3.58. The molecule has 0 radical (unpaired) electrons. The van der Waals surface area contributed by atoms with Crippen molar-refractivity contribution in [3.05, 3.63) is 29.8 Å². The van der Waals surface area contributed by atoms with E-state index in [0.29, 0.717) is 12.5 Å². The molecule has 1 aromatic rings. The van der Waals surface area contributed by atoms with Crippen molar-refractivity contribution in [2.45, 2.75) is 68.5 Å². The molecule has 9 heteroatoms. The molecule has 3 rings (SSSR count). The lowest BCUT2D eigenvalue weighted by Crippen LogP contribution is -2.40. The highest BCUT2D eigenvalue weighted by molar-refractivity contribution is 7.89. The van der Waals surface area contributed by atoms with Crippen LogP contribution in [0.25, 0.3) is 0 Å². The number of likely N-dealkylation sites (tertiary alicyclic amines) is 1. The molecule has 1 aliphatic carbocycles. The zero-order valence-corrected chi connectivity index (χ0v) is 19.6. The van der Waals surface area contributed by atoms with E-state index in [1.165, 1.54) is 43.7 Å². The van der Waals surface area contributed by atoms with Crippen molar-refractivity contribution < 1.29 is 26.3 Å². The molecule has 0 N–H and O–H groups in total. The Morgan fingerprint density at radius 2 is 1.66 bits per heavy atom. The maximum Gasteiger partial charge on any atom is 0.416 e. The minimum Gasteiger partial charge on any atom is -0.381 e. The predicted octanol–water partition coefficient (Wildman–Crippen LogP) is 4.78. The summed E-state index contributed by atoms with van der Waals surface area (Å²) in [5, 5.41) is 0. The van der Waals surface area contributed by atoms with Crippen LogP contribution in [-0.2, 0) is 20.9 Å². The first kappa shape index (κ1) is 25.5. The summed E-state index contributed by atoms with van der Waals surface area (Å²) in [6.07, 6.45) is 3.76. The molecule has 0 unspecified atom stereocenters. The quantitative estimate of drug-likeness (QED) is 0.482. The summed E-state index contributed by atoms with van der Waals surface area (Å²) in [5.41, 5.74) is -0.851. The Labute approximate surface area is 190 Å². The third-order valence-corrected chi connectivity index (χ3v) is 8.68. The summed E-state index contributed by atoms with van der Waals surface area (Å²) in [7, 11) is -2.30. The average Bonchev–Trinajstić information content (AvgIpc) is 2.79. The number of benzene rings is 1. The first-order valence-electron chi connectivity index (χ1n) is 11.6. The van der Waals surface area contributed by atoms with E-state index in [1.54, 1.807) is 0 Å². The van der Waals surface area contributed by atoms with E-state index in [2.05, 4.69) is 4.90 Å². The maximum atomic E-state index is 12.9. The zero-order valence-electron chi connectivity index (χ0n) is 18.8. The molecule has 2 fully saturated rings. The summed E-state index contributed by atoms with van der Waals surface area (Å²) < 4.78 is 71.2. The molecule has 1 aromatic carbocycles. The minimum atomic E-state index is -4.48. The van der Waals surface area contributed by atoms with Crippen LogP contribution in [0.5, 0.6) is 0 Å². The van der Waals surface area contributed by atoms with Crippen LogP contribution >= 0.6 is 0 Å². The van der Waals surface area contributed by atoms with E-state index in [9.17, 15) is 21.6 Å². The number of ether oxygens (including phenoxy) is 1. The van der Waals surface area contributed by atoms with E-state index >= 15 is 0 Å². The standard InChI is InChI=1S/C23H35F3N2O3S/c1-27(32(29,30)22-12-8-20(9-13-22)23(24,25)26)21-10-6-19(7-11-21)18-31-17-5-16-28-14-3-2-4-15-28/h8-9,12-13,19,21H,2-7,10-11,14-18H2,1H3. The Morgan fingerprint density at radius 1 is 1.03 bits per heavy atom. The largest absolute Gasteiger partial charge is 0.416 e. The molecule has 32 heavy (non-hydrogen) atoms. The van der Waals surface area contributed by atoms with Crippen LogP contribution in [0.1, 0.15) is 56.9 Å². The van der Waals surface area contributed by atoms with Crippen LogP contribution in [0, 0.1) is 5.92 Å². The third-order valence-electron chi connectivity index (χ3n) is 6.75. The van der Waals surface area contributed by atoms with Crippen molar-refractivity contribution in [3.8, 4) is 0 Å². The second kappa shape index (κ2) is 11.3. The maximum absolute atomic E-state index is 12.9. The topological polar surface area (TPSA) is 49.9 Å². The molecule has 1 aliphatic heterocycles. The van der Waals surface area contributed by atoms with Crippen molar-refractivity contribution in [3.63, 3.8) is 0 Å². The first-order chi connectivity index (χ1) is 15.2. The lowest BCUT2D eigenvalue weighted by molar-refractivity contribution is -0.137. The van der Waals surface area contributed by atoms with Gasteiger partial charge in [-0.15, -0.1) is 0 Å². The van der Waals surface area contributed by atoms with Gasteiger partial charge in [0.1, 0.15) is 0 Å². The molecule has 0 aromatic heterocycles. The first-order valence-corrected chi connectivity index (χ1v) is 13.1. The van der Waals surface area contributed by atoms with Crippen LogP contribution in [-0.4, -0.2) is 63.6 Å². The smallest absolute Gasteiger partial charge is 0.381 e. The SMILES string of the molecule is CN(C1CCC(COCCCN2CCCCC2)CC1)S(=O)(=O)c1ccc(C(F)(F)F)cc1. The Bertz CT molecular complexity index is 801. The normalized spacial score (nSPS) is 23.5. The number of sulfonamides is 1. The zero-order chi connectivity index (χ0) is 23.2. The average molecular weight is 477 g/mol. The molecule has 0 atom stereocenters. The van der Waals surface area contributed by atoms with Gasteiger partial charge < -0.3 is 9.64 Å². The molecular weight excluding hydrogens is 441 g/mol. The molecule has 0 bridgehead atoms. The van der Waals surface area contributed by atoms with Gasteiger partial charge >= 0.3 is 6.18 Å². The van der Waals surface area contributed by atoms with Crippen LogP contribution in [0.4, 0.5) is 13.2 Å². The summed E-state index contributed by atoms with van der Waals surface area (Å²) >= 11 is 0. The highest BCUT2D eigenvalue weighted by Crippen LogP contribution is 2.32. The number of nitrogens with zero attached hydrogens (tertiary/aromatic N) is 2. The van der Waals surface area contributed by atoms with E-state index in [4.69, 9.17) is 4.74 Å². The van der Waals surface area contributed by atoms with Gasteiger partial charge in [-0.3, -0.25) is 0 Å². The van der Waals surface area contributed by atoms with Crippen LogP contribution in [0.15, 0.2) is 29.2 Å². The number of hydrogen-bond donors (Lipinski definition) is 0. The molecule has 182 valence electrons. The van der Waals surface area contributed by atoms with Crippen molar-refractivity contribution in [1.29, 1.82) is 0 Å². The lowest BCUT2D eigenvalue weighted by Gasteiger charge is -2.34. The predicted molar refractivity (Wildman–Crippen MR) is 118 cm³/mol. The molecule has 1 saturated carbocycles. The fraction of sp³-hybridized carbons (Fsp3) is 0.739. The number of halogens is 3. The van der Waals surface area contributed by atoms with Gasteiger partial charge in [-0.2, -0.15) is 17.5 Å². The second-order valence-electron chi connectivity index (χ2n) is 9.05. The number of piperidine rings is 1. The highest BCUT2D eigenvalue weighted by Gasteiger charge is 2.33. The van der Waals surface area contributed by atoms with Gasteiger partial charge in [-0.1, -0.05) is 6.42 Å². The van der Waals surface area contributed by atoms with Crippen LogP contribution in [0.2, 0.25) is 0 Å². The van der Waals surface area contributed by atoms with E-state index in [-0.39, 0.29) is 10.9 Å². The summed E-state index contributed by atoms with van der Waals surface area (Å²) in [4.78, 5) is 2.40. The fourth-order valence-corrected chi connectivity index (χ4v) is 6.09. The Hall–Kier alpha value is -1.16. The Kier molecular flexibility index (Phi) is 9.00. The number of rotatable bonds is 9. The molecule has 0 spiro atoms. The monoisotopic (exact) mass is 476 g/mol. The van der Waals surface area contributed by atoms with Gasteiger partial charge in [0.2, 0.25) is 10.0 Å². The van der Waals surface area contributed by atoms with E-state index in [0.717, 1.165) is 69.5 Å². The van der Waals surface area contributed by atoms with Crippen molar-refractivity contribution in [2.24, 2.45) is 5.92 Å². The molecule has 1 heterocycles. The third kappa shape index (κ3) is 6.92. The van der Waals surface area contributed by atoms with Gasteiger partial charge in [0.25, 0.3) is 0 Å². The summed E-state index contributed by atoms with van der Waals surface area (Å²) in [6.45, 7) is 4.97. The van der Waals surface area contributed by atoms with Gasteiger partial charge in [0, 0.05) is 32.8 Å².